The summed E-state index contributed by atoms with van der Waals surface area (Å²) in [5.41, 5.74) is 2.20. The molecule has 1 atom stereocenters. The van der Waals surface area contributed by atoms with Gasteiger partial charge in [-0.25, -0.2) is 0 Å². The van der Waals surface area contributed by atoms with E-state index in [1.807, 2.05) is 61.5 Å². The number of ketones is 1. The normalized spacial score (nSPS) is 12.2. The summed E-state index contributed by atoms with van der Waals surface area (Å²) in [7, 11) is 0. The third-order valence-electron chi connectivity index (χ3n) is 4.74. The van der Waals surface area contributed by atoms with E-state index in [2.05, 4.69) is 5.32 Å². The van der Waals surface area contributed by atoms with Gasteiger partial charge in [0.1, 0.15) is 5.58 Å². The molecule has 3 aromatic carbocycles. The maximum absolute atomic E-state index is 12.8. The van der Waals surface area contributed by atoms with Crippen molar-refractivity contribution in [2.45, 2.75) is 19.9 Å². The van der Waals surface area contributed by atoms with Crippen LogP contribution in [0.4, 0.5) is 0 Å². The molecule has 0 saturated carbocycles. The van der Waals surface area contributed by atoms with Gasteiger partial charge in [-0.2, -0.15) is 0 Å². The number of carbonyl (C=O) groups is 2. The molecule has 134 valence electrons. The second-order valence-corrected chi connectivity index (χ2v) is 6.68. The predicted octanol–water partition coefficient (Wildman–Crippen LogP) is 5.01. The Labute approximate surface area is 156 Å². The first-order valence-electron chi connectivity index (χ1n) is 8.86. The van der Waals surface area contributed by atoms with Gasteiger partial charge in [-0.1, -0.05) is 54.6 Å². The number of furan rings is 1. The molecule has 0 radical (unpaired) electrons. The lowest BCUT2D eigenvalue weighted by atomic mass is 10.0. The van der Waals surface area contributed by atoms with Gasteiger partial charge in [0.05, 0.1) is 6.04 Å². The Bertz CT molecular complexity index is 1160. The van der Waals surface area contributed by atoms with Crippen molar-refractivity contribution in [3.63, 3.8) is 0 Å². The molecular weight excluding hydrogens is 338 g/mol. The molecule has 0 fully saturated rings. The Hall–Kier alpha value is -3.40. The van der Waals surface area contributed by atoms with Crippen molar-refractivity contribution in [3.8, 4) is 0 Å². The molecule has 0 bridgehead atoms. The van der Waals surface area contributed by atoms with Gasteiger partial charge in [0.15, 0.2) is 5.76 Å². The Morgan fingerprint density at radius 1 is 0.926 bits per heavy atom. The highest BCUT2D eigenvalue weighted by Crippen LogP contribution is 2.29. The first-order valence-corrected chi connectivity index (χ1v) is 8.86. The Morgan fingerprint density at radius 3 is 2.41 bits per heavy atom. The molecule has 4 aromatic rings. The van der Waals surface area contributed by atoms with Gasteiger partial charge in [0, 0.05) is 17.9 Å². The molecule has 1 amide bonds. The third-order valence-corrected chi connectivity index (χ3v) is 4.74. The maximum atomic E-state index is 12.8. The first-order chi connectivity index (χ1) is 13.0. The Morgan fingerprint density at radius 2 is 1.67 bits per heavy atom. The number of hydrogen-bond acceptors (Lipinski definition) is 3. The molecule has 4 nitrogen and oxygen atoms in total. The quantitative estimate of drug-likeness (QED) is 0.522. The highest BCUT2D eigenvalue weighted by Gasteiger charge is 2.16. The Balaban J connectivity index is 1.66. The fourth-order valence-electron chi connectivity index (χ4n) is 3.36. The summed E-state index contributed by atoms with van der Waals surface area (Å²) in [6.45, 7) is 3.39. The van der Waals surface area contributed by atoms with Crippen molar-refractivity contribution < 1.29 is 14.0 Å². The summed E-state index contributed by atoms with van der Waals surface area (Å²) in [6.07, 6.45) is 0. The van der Waals surface area contributed by atoms with Gasteiger partial charge in [-0.3, -0.25) is 9.59 Å². The summed E-state index contributed by atoms with van der Waals surface area (Å²) in [5.74, 6) is 0.0789. The van der Waals surface area contributed by atoms with Crippen molar-refractivity contribution in [3.05, 3.63) is 83.6 Å². The summed E-state index contributed by atoms with van der Waals surface area (Å²) >= 11 is 0. The second kappa shape index (κ2) is 6.72. The van der Waals surface area contributed by atoms with Gasteiger partial charge < -0.3 is 9.73 Å². The van der Waals surface area contributed by atoms with Crippen molar-refractivity contribution >= 4 is 33.4 Å². The number of amides is 1. The minimum atomic E-state index is -0.158. The largest absolute Gasteiger partial charge is 0.453 e. The highest BCUT2D eigenvalue weighted by molar-refractivity contribution is 6.13. The zero-order chi connectivity index (χ0) is 19.0. The summed E-state index contributed by atoms with van der Waals surface area (Å²) in [5, 5.41) is 5.95. The molecule has 4 heteroatoms. The monoisotopic (exact) mass is 357 g/mol. The van der Waals surface area contributed by atoms with Gasteiger partial charge >= 0.3 is 0 Å². The van der Waals surface area contributed by atoms with Gasteiger partial charge in [0.2, 0.25) is 11.7 Å². The average Bonchev–Trinajstić information content (AvgIpc) is 3.12. The molecule has 1 N–H and O–H groups in total. The number of nitrogens with one attached hydrogen (secondary N) is 1. The van der Waals surface area contributed by atoms with Gasteiger partial charge in [-0.15, -0.1) is 0 Å². The highest BCUT2D eigenvalue weighted by atomic mass is 16.3. The van der Waals surface area contributed by atoms with Crippen LogP contribution in [0.2, 0.25) is 0 Å². The summed E-state index contributed by atoms with van der Waals surface area (Å²) in [4.78, 5) is 24.0. The number of carbonyl (C=O) groups excluding carboxylic acids is 2. The minimum Gasteiger partial charge on any atom is -0.453 e. The van der Waals surface area contributed by atoms with Crippen LogP contribution in [-0.4, -0.2) is 11.7 Å². The minimum absolute atomic E-state index is 0.0860. The Kier molecular flexibility index (Phi) is 4.24. The van der Waals surface area contributed by atoms with E-state index >= 15 is 0 Å². The van der Waals surface area contributed by atoms with Crippen LogP contribution >= 0.6 is 0 Å². The van der Waals surface area contributed by atoms with Crippen LogP contribution in [0.25, 0.3) is 21.7 Å². The predicted molar refractivity (Wildman–Crippen MR) is 106 cm³/mol. The summed E-state index contributed by atoms with van der Waals surface area (Å²) in [6, 6.07) is 20.9. The molecule has 4 rings (SSSR count). The van der Waals surface area contributed by atoms with Crippen LogP contribution in [0.3, 0.4) is 0 Å². The first kappa shape index (κ1) is 17.0. The van der Waals surface area contributed by atoms with Crippen LogP contribution in [-0.2, 0) is 4.79 Å². The van der Waals surface area contributed by atoms with E-state index in [9.17, 15) is 9.59 Å². The van der Waals surface area contributed by atoms with Crippen LogP contribution in [0, 0.1) is 0 Å². The van der Waals surface area contributed by atoms with Crippen molar-refractivity contribution in [2.24, 2.45) is 0 Å². The van der Waals surface area contributed by atoms with Gasteiger partial charge in [-0.05, 0) is 35.4 Å². The van der Waals surface area contributed by atoms with Crippen molar-refractivity contribution in [1.82, 2.24) is 5.32 Å². The number of benzene rings is 3. The molecule has 0 saturated heterocycles. The molecule has 0 aliphatic carbocycles. The van der Waals surface area contributed by atoms with E-state index in [0.29, 0.717) is 16.9 Å². The number of hydrogen-bond donors (Lipinski definition) is 1. The van der Waals surface area contributed by atoms with E-state index < -0.39 is 0 Å². The smallest absolute Gasteiger partial charge is 0.228 e. The van der Waals surface area contributed by atoms with Crippen molar-refractivity contribution in [1.29, 1.82) is 0 Å². The fourth-order valence-corrected chi connectivity index (χ4v) is 3.36. The van der Waals surface area contributed by atoms with Crippen molar-refractivity contribution in [2.75, 3.05) is 0 Å². The van der Waals surface area contributed by atoms with Crippen LogP contribution < -0.4 is 5.32 Å². The molecule has 1 heterocycles. The lowest BCUT2D eigenvalue weighted by Crippen LogP contribution is -2.23. The van der Waals surface area contributed by atoms with Gasteiger partial charge in [0.25, 0.3) is 0 Å². The molecule has 0 unspecified atom stereocenters. The zero-order valence-electron chi connectivity index (χ0n) is 15.2. The lowest BCUT2D eigenvalue weighted by Gasteiger charge is -2.12. The van der Waals surface area contributed by atoms with E-state index in [1.165, 1.54) is 6.92 Å². The molecule has 1 aromatic heterocycles. The zero-order valence-corrected chi connectivity index (χ0v) is 15.2. The van der Waals surface area contributed by atoms with E-state index in [0.717, 1.165) is 21.7 Å². The maximum Gasteiger partial charge on any atom is 0.228 e. The van der Waals surface area contributed by atoms with E-state index in [-0.39, 0.29) is 17.7 Å². The molecular formula is C23H19NO3. The number of rotatable bonds is 4. The number of fused-ring (bicyclic) bond motifs is 3. The summed E-state index contributed by atoms with van der Waals surface area (Å²) < 4.78 is 5.82. The third kappa shape index (κ3) is 3.22. The second-order valence-electron chi connectivity index (χ2n) is 6.68. The van der Waals surface area contributed by atoms with E-state index in [1.54, 1.807) is 12.1 Å². The standard InChI is InChI=1S/C23H19NO3/c1-14(24-15(2)25)16-7-9-18(10-8-16)23(26)22-13-20-19-6-4-3-5-17(19)11-12-21(20)27-22/h3-14H,1-2H3,(H,24,25)/t14-/m0/s1. The SMILES string of the molecule is CC(=O)N[C@@H](C)c1ccc(C(=O)c2cc3c(ccc4ccccc43)o2)cc1. The van der Waals surface area contributed by atoms with Crippen LogP contribution in [0.5, 0.6) is 0 Å². The fraction of sp³-hybridized carbons (Fsp3) is 0.130. The molecule has 0 spiro atoms. The molecule has 0 aliphatic heterocycles. The molecule has 0 aliphatic rings. The van der Waals surface area contributed by atoms with Crippen LogP contribution in [0.15, 0.2) is 71.1 Å². The van der Waals surface area contributed by atoms with E-state index in [4.69, 9.17) is 4.42 Å². The average molecular weight is 357 g/mol. The lowest BCUT2D eigenvalue weighted by molar-refractivity contribution is -0.119. The topological polar surface area (TPSA) is 59.3 Å². The van der Waals surface area contributed by atoms with Crippen LogP contribution in [0.1, 0.15) is 41.6 Å². The molecule has 27 heavy (non-hydrogen) atoms.